The van der Waals surface area contributed by atoms with Crippen LogP contribution in [-0.4, -0.2) is 96.7 Å². The number of hydrogen-bond donors (Lipinski definition) is 3. The van der Waals surface area contributed by atoms with E-state index < -0.39 is 97.5 Å². The first-order chi connectivity index (χ1) is 49.9. The maximum atomic E-state index is 13.1. The van der Waals surface area contributed by atoms with Gasteiger partial charge in [0, 0.05) is 25.7 Å². The van der Waals surface area contributed by atoms with Gasteiger partial charge in [-0.05, 0) is 37.5 Å². The summed E-state index contributed by atoms with van der Waals surface area (Å²) in [4.78, 5) is 73.1. The Bertz CT molecular complexity index is 1980. The second-order valence-corrected chi connectivity index (χ2v) is 33.8. The van der Waals surface area contributed by atoms with E-state index in [1.165, 1.54) is 263 Å². The number of ether oxygens (including phenoxy) is 4. The molecule has 0 heterocycles. The highest BCUT2D eigenvalue weighted by Gasteiger charge is 2.30. The van der Waals surface area contributed by atoms with Gasteiger partial charge in [0.15, 0.2) is 12.2 Å². The highest BCUT2D eigenvalue weighted by molar-refractivity contribution is 7.47. The number of phosphoric acid groups is 2. The first kappa shape index (κ1) is 101. The molecule has 0 amide bonds. The van der Waals surface area contributed by atoms with Gasteiger partial charge in [0.2, 0.25) is 0 Å². The van der Waals surface area contributed by atoms with Crippen LogP contribution in [0.5, 0.6) is 0 Å². The number of aliphatic hydroxyl groups excluding tert-OH is 1. The van der Waals surface area contributed by atoms with Crippen LogP contribution >= 0.6 is 15.6 Å². The Morgan fingerprint density at radius 1 is 0.282 bits per heavy atom. The third-order valence-electron chi connectivity index (χ3n) is 20.1. The Balaban J connectivity index is 5.23. The second kappa shape index (κ2) is 75.5. The fraction of sp³-hybridized carbons (Fsp3) is 0.952. The van der Waals surface area contributed by atoms with E-state index in [9.17, 15) is 43.2 Å². The zero-order chi connectivity index (χ0) is 75.6. The lowest BCUT2D eigenvalue weighted by atomic mass is 9.99. The number of unbranched alkanes of at least 4 members (excludes halogenated alkanes) is 52. The van der Waals surface area contributed by atoms with Crippen molar-refractivity contribution < 1.29 is 80.2 Å². The molecule has 0 aliphatic carbocycles. The normalized spacial score (nSPS) is 14.1. The molecule has 0 aromatic heterocycles. The van der Waals surface area contributed by atoms with Gasteiger partial charge in [0.1, 0.15) is 19.3 Å². The quantitative estimate of drug-likeness (QED) is 0.0222. The standard InChI is InChI=1S/C84H164O17P2/c1-7-10-12-14-16-18-20-22-24-26-28-29-30-32-34-36-38-42-50-56-62-68-83(88)100-79(72-94-81(86)66-60-54-48-41-37-35-33-31-27-25-23-21-19-17-15-13-11-8-2)74-98-102(90,91)96-70-78(85)71-97-103(92,93)99-75-80(101-84(89)69-63-57-51-43-39-40-46-52-58-64-76(4)5)73-95-82(87)67-61-55-49-45-44-47-53-59-65-77(6)9-3/h76-80,85H,7-75H2,1-6H3,(H,90,91)(H,92,93)/t77?,78-,79-,80-/m1/s1. The number of rotatable bonds is 83. The minimum Gasteiger partial charge on any atom is -0.462 e. The van der Waals surface area contributed by atoms with Crippen molar-refractivity contribution in [1.82, 2.24) is 0 Å². The van der Waals surface area contributed by atoms with Crippen LogP contribution in [0.15, 0.2) is 0 Å². The average molecular weight is 1510 g/mol. The monoisotopic (exact) mass is 1510 g/mol. The summed E-state index contributed by atoms with van der Waals surface area (Å²) in [6, 6.07) is 0. The van der Waals surface area contributed by atoms with Gasteiger partial charge < -0.3 is 33.8 Å². The van der Waals surface area contributed by atoms with Gasteiger partial charge in [0.25, 0.3) is 0 Å². The molecule has 3 unspecified atom stereocenters. The molecule has 0 rings (SSSR count). The Morgan fingerprint density at radius 3 is 0.738 bits per heavy atom. The van der Waals surface area contributed by atoms with E-state index in [2.05, 4.69) is 41.5 Å². The molecule has 17 nitrogen and oxygen atoms in total. The van der Waals surface area contributed by atoms with Gasteiger partial charge in [-0.25, -0.2) is 9.13 Å². The molecule has 0 aromatic rings. The average Bonchev–Trinajstić information content (AvgIpc) is 0.910. The lowest BCUT2D eigenvalue weighted by Crippen LogP contribution is -2.30. The van der Waals surface area contributed by atoms with Gasteiger partial charge in [-0.2, -0.15) is 0 Å². The molecule has 0 saturated carbocycles. The number of carbonyl (C=O) groups is 4. The van der Waals surface area contributed by atoms with Crippen molar-refractivity contribution in [2.75, 3.05) is 39.6 Å². The Hall–Kier alpha value is -1.94. The zero-order valence-corrected chi connectivity index (χ0v) is 69.4. The molecule has 0 fully saturated rings. The van der Waals surface area contributed by atoms with E-state index >= 15 is 0 Å². The first-order valence-corrected chi connectivity index (χ1v) is 46.5. The number of phosphoric ester groups is 2. The topological polar surface area (TPSA) is 237 Å². The molecular weight excluding hydrogens is 1340 g/mol. The summed E-state index contributed by atoms with van der Waals surface area (Å²) in [5.74, 6) is -0.593. The SMILES string of the molecule is CCCCCCCCCCCCCCCCCCCCCCCC(=O)O[C@H](COC(=O)CCCCCCCCCCCCCCCCCCCC)COP(=O)(O)OC[C@@H](O)COP(=O)(O)OC[C@@H](COC(=O)CCCCCCCCCCC(C)CC)OC(=O)CCCCCCCCCCCC(C)C. The lowest BCUT2D eigenvalue weighted by Gasteiger charge is -2.21. The number of hydrogen-bond acceptors (Lipinski definition) is 15. The van der Waals surface area contributed by atoms with Crippen LogP contribution in [0.3, 0.4) is 0 Å². The minimum absolute atomic E-state index is 0.105. The fourth-order valence-electron chi connectivity index (χ4n) is 13.0. The second-order valence-electron chi connectivity index (χ2n) is 30.9. The highest BCUT2D eigenvalue weighted by atomic mass is 31.2. The molecule has 0 bridgehead atoms. The summed E-state index contributed by atoms with van der Waals surface area (Å²) in [6.45, 7) is 9.63. The van der Waals surface area contributed by atoms with Crippen molar-refractivity contribution in [3.8, 4) is 0 Å². The molecule has 0 aromatic carbocycles. The van der Waals surface area contributed by atoms with Crippen LogP contribution in [0.2, 0.25) is 0 Å². The lowest BCUT2D eigenvalue weighted by molar-refractivity contribution is -0.161. The van der Waals surface area contributed by atoms with Crippen LogP contribution in [0, 0.1) is 11.8 Å². The van der Waals surface area contributed by atoms with Crippen LogP contribution in [0.25, 0.3) is 0 Å². The molecule has 19 heteroatoms. The summed E-state index contributed by atoms with van der Waals surface area (Å²) >= 11 is 0. The predicted octanol–water partition coefficient (Wildman–Crippen LogP) is 25.5. The van der Waals surface area contributed by atoms with E-state index in [-0.39, 0.29) is 25.7 Å². The summed E-state index contributed by atoms with van der Waals surface area (Å²) in [6.07, 6.45) is 66.7. The Morgan fingerprint density at radius 2 is 0.495 bits per heavy atom. The summed E-state index contributed by atoms with van der Waals surface area (Å²) < 4.78 is 68.8. The van der Waals surface area contributed by atoms with Crippen LogP contribution in [-0.2, 0) is 65.4 Å². The highest BCUT2D eigenvalue weighted by Crippen LogP contribution is 2.45. The van der Waals surface area contributed by atoms with E-state index in [4.69, 9.17) is 37.0 Å². The van der Waals surface area contributed by atoms with E-state index in [1.807, 2.05) is 0 Å². The molecule has 0 aliphatic heterocycles. The summed E-state index contributed by atoms with van der Waals surface area (Å²) in [5, 5.41) is 10.7. The van der Waals surface area contributed by atoms with Crippen LogP contribution in [0.4, 0.5) is 0 Å². The molecule has 0 aliphatic rings. The smallest absolute Gasteiger partial charge is 0.462 e. The van der Waals surface area contributed by atoms with Crippen LogP contribution in [0.1, 0.15) is 446 Å². The number of aliphatic hydroxyl groups is 1. The molecule has 0 radical (unpaired) electrons. The molecule has 3 N–H and O–H groups in total. The Kier molecular flexibility index (Phi) is 74.1. The van der Waals surface area contributed by atoms with Gasteiger partial charge in [0.05, 0.1) is 26.4 Å². The van der Waals surface area contributed by atoms with Crippen molar-refractivity contribution in [3.05, 3.63) is 0 Å². The zero-order valence-electron chi connectivity index (χ0n) is 67.6. The third kappa shape index (κ3) is 76.6. The maximum absolute atomic E-state index is 13.1. The molecular formula is C84H164O17P2. The predicted molar refractivity (Wildman–Crippen MR) is 423 cm³/mol. The number of carbonyl (C=O) groups excluding carboxylic acids is 4. The van der Waals surface area contributed by atoms with Crippen molar-refractivity contribution >= 4 is 39.5 Å². The summed E-state index contributed by atoms with van der Waals surface area (Å²) in [5.41, 5.74) is 0. The number of esters is 4. The van der Waals surface area contributed by atoms with Gasteiger partial charge in [-0.15, -0.1) is 0 Å². The molecule has 0 saturated heterocycles. The Labute approximate surface area is 632 Å². The first-order valence-electron chi connectivity index (χ1n) is 43.5. The maximum Gasteiger partial charge on any atom is 0.472 e. The van der Waals surface area contributed by atoms with Gasteiger partial charge >= 0.3 is 39.5 Å². The van der Waals surface area contributed by atoms with E-state index in [0.717, 1.165) is 102 Å². The van der Waals surface area contributed by atoms with E-state index in [0.29, 0.717) is 25.7 Å². The van der Waals surface area contributed by atoms with E-state index in [1.54, 1.807) is 0 Å². The van der Waals surface area contributed by atoms with Crippen molar-refractivity contribution in [1.29, 1.82) is 0 Å². The minimum atomic E-state index is -4.96. The molecule has 0 spiro atoms. The fourth-order valence-corrected chi connectivity index (χ4v) is 14.6. The third-order valence-corrected chi connectivity index (χ3v) is 22.0. The van der Waals surface area contributed by atoms with Crippen LogP contribution < -0.4 is 0 Å². The van der Waals surface area contributed by atoms with Crippen molar-refractivity contribution in [2.45, 2.75) is 464 Å². The van der Waals surface area contributed by atoms with Crippen molar-refractivity contribution in [3.63, 3.8) is 0 Å². The summed E-state index contributed by atoms with van der Waals surface area (Å²) in [7, 11) is -9.92. The van der Waals surface area contributed by atoms with Crippen molar-refractivity contribution in [2.24, 2.45) is 11.8 Å². The molecule has 103 heavy (non-hydrogen) atoms. The molecule has 612 valence electrons. The van der Waals surface area contributed by atoms with Gasteiger partial charge in [-0.3, -0.25) is 37.3 Å². The largest absolute Gasteiger partial charge is 0.472 e. The van der Waals surface area contributed by atoms with Gasteiger partial charge in [-0.1, -0.05) is 395 Å². The molecule has 6 atom stereocenters.